The Labute approximate surface area is 93.0 Å². The highest BCUT2D eigenvalue weighted by Crippen LogP contribution is 2.22. The number of furan rings is 1. The molecule has 0 saturated carbocycles. The predicted octanol–water partition coefficient (Wildman–Crippen LogP) is 2.58. The number of benzene rings is 1. The summed E-state index contributed by atoms with van der Waals surface area (Å²) >= 11 is 0. The zero-order valence-electron chi connectivity index (χ0n) is 9.03. The van der Waals surface area contributed by atoms with E-state index < -0.39 is 5.97 Å². The molecular formula is C12H13NO3. The zero-order chi connectivity index (χ0) is 11.5. The molecule has 0 aliphatic heterocycles. The van der Waals surface area contributed by atoms with Crippen LogP contribution in [0.25, 0.3) is 11.0 Å². The molecule has 4 heteroatoms. The summed E-state index contributed by atoms with van der Waals surface area (Å²) in [7, 11) is 0. The summed E-state index contributed by atoms with van der Waals surface area (Å²) in [6.07, 6.45) is 0.791. The number of rotatable bonds is 3. The molecule has 1 aromatic carbocycles. The van der Waals surface area contributed by atoms with E-state index in [0.29, 0.717) is 17.9 Å². The third kappa shape index (κ3) is 2.00. The van der Waals surface area contributed by atoms with Crippen LogP contribution in [0, 0.1) is 0 Å². The Kier molecular flexibility index (Phi) is 2.81. The van der Waals surface area contributed by atoms with E-state index >= 15 is 0 Å². The minimum atomic E-state index is -0.434. The lowest BCUT2D eigenvalue weighted by Gasteiger charge is -1.98. The van der Waals surface area contributed by atoms with Crippen LogP contribution in [-0.4, -0.2) is 12.6 Å². The Morgan fingerprint density at radius 2 is 2.25 bits per heavy atom. The maximum Gasteiger partial charge on any atom is 0.374 e. The fourth-order valence-electron chi connectivity index (χ4n) is 1.43. The Hall–Kier alpha value is -1.97. The molecule has 0 amide bonds. The highest BCUT2D eigenvalue weighted by atomic mass is 16.5. The first-order chi connectivity index (χ1) is 7.70. The molecular weight excluding hydrogens is 206 g/mol. The van der Waals surface area contributed by atoms with Crippen LogP contribution in [-0.2, 0) is 4.74 Å². The minimum absolute atomic E-state index is 0.217. The number of anilines is 1. The summed E-state index contributed by atoms with van der Waals surface area (Å²) < 4.78 is 10.3. The molecule has 0 aliphatic carbocycles. The molecule has 1 heterocycles. The van der Waals surface area contributed by atoms with Gasteiger partial charge in [-0.25, -0.2) is 4.79 Å². The van der Waals surface area contributed by atoms with Crippen molar-refractivity contribution in [2.24, 2.45) is 0 Å². The Morgan fingerprint density at radius 1 is 1.44 bits per heavy atom. The molecule has 0 atom stereocenters. The monoisotopic (exact) mass is 219 g/mol. The fourth-order valence-corrected chi connectivity index (χ4v) is 1.43. The average molecular weight is 219 g/mol. The van der Waals surface area contributed by atoms with Crippen molar-refractivity contribution in [3.8, 4) is 0 Å². The standard InChI is InChI=1S/C12H13NO3/c1-2-5-15-12(14)11-7-8-6-9(13)3-4-10(8)16-11/h3-4,6-7H,2,5,13H2,1H3. The van der Waals surface area contributed by atoms with Gasteiger partial charge in [0.15, 0.2) is 0 Å². The van der Waals surface area contributed by atoms with Gasteiger partial charge in [-0.2, -0.15) is 0 Å². The number of nitrogens with two attached hydrogens (primary N) is 1. The number of nitrogen functional groups attached to an aromatic ring is 1. The van der Waals surface area contributed by atoms with Crippen molar-refractivity contribution in [3.05, 3.63) is 30.0 Å². The minimum Gasteiger partial charge on any atom is -0.460 e. The molecule has 2 rings (SSSR count). The second-order valence-electron chi connectivity index (χ2n) is 3.54. The van der Waals surface area contributed by atoms with Crippen LogP contribution in [0.1, 0.15) is 23.9 Å². The Morgan fingerprint density at radius 3 is 3.00 bits per heavy atom. The van der Waals surface area contributed by atoms with Crippen LogP contribution in [0.15, 0.2) is 28.7 Å². The van der Waals surface area contributed by atoms with Crippen LogP contribution < -0.4 is 5.73 Å². The Bertz CT molecular complexity index is 516. The van der Waals surface area contributed by atoms with E-state index in [1.807, 2.05) is 6.92 Å². The predicted molar refractivity (Wildman–Crippen MR) is 61.2 cm³/mol. The smallest absolute Gasteiger partial charge is 0.374 e. The normalized spacial score (nSPS) is 10.6. The molecule has 0 unspecified atom stereocenters. The van der Waals surface area contributed by atoms with Crippen LogP contribution >= 0.6 is 0 Å². The van der Waals surface area contributed by atoms with Gasteiger partial charge in [0.05, 0.1) is 6.61 Å². The quantitative estimate of drug-likeness (QED) is 0.636. The van der Waals surface area contributed by atoms with Crippen LogP contribution in [0.5, 0.6) is 0 Å². The van der Waals surface area contributed by atoms with Crippen LogP contribution in [0.4, 0.5) is 5.69 Å². The molecule has 16 heavy (non-hydrogen) atoms. The SMILES string of the molecule is CCCOC(=O)c1cc2cc(N)ccc2o1. The van der Waals surface area contributed by atoms with Gasteiger partial charge in [-0.05, 0) is 30.7 Å². The maximum atomic E-state index is 11.5. The highest BCUT2D eigenvalue weighted by Gasteiger charge is 2.13. The fraction of sp³-hybridized carbons (Fsp3) is 0.250. The van der Waals surface area contributed by atoms with E-state index in [0.717, 1.165) is 11.8 Å². The molecule has 0 spiro atoms. The number of carbonyl (C=O) groups is 1. The van der Waals surface area contributed by atoms with Gasteiger partial charge in [-0.3, -0.25) is 0 Å². The van der Waals surface area contributed by atoms with Gasteiger partial charge in [0.1, 0.15) is 5.58 Å². The molecule has 4 nitrogen and oxygen atoms in total. The molecule has 0 radical (unpaired) electrons. The van der Waals surface area contributed by atoms with E-state index in [2.05, 4.69) is 0 Å². The highest BCUT2D eigenvalue weighted by molar-refractivity contribution is 5.93. The lowest BCUT2D eigenvalue weighted by atomic mass is 10.2. The van der Waals surface area contributed by atoms with E-state index in [4.69, 9.17) is 14.9 Å². The third-order valence-electron chi connectivity index (χ3n) is 2.18. The average Bonchev–Trinajstić information content (AvgIpc) is 2.68. The number of hydrogen-bond donors (Lipinski definition) is 1. The third-order valence-corrected chi connectivity index (χ3v) is 2.18. The van der Waals surface area contributed by atoms with Crippen molar-refractivity contribution in [1.29, 1.82) is 0 Å². The Balaban J connectivity index is 2.28. The summed E-state index contributed by atoms with van der Waals surface area (Å²) in [4.78, 5) is 11.5. The molecule has 0 saturated heterocycles. The lowest BCUT2D eigenvalue weighted by Crippen LogP contribution is -2.04. The number of ether oxygens (including phenoxy) is 1. The summed E-state index contributed by atoms with van der Waals surface area (Å²) in [5.74, 6) is -0.217. The van der Waals surface area contributed by atoms with Crippen molar-refractivity contribution in [2.45, 2.75) is 13.3 Å². The van der Waals surface area contributed by atoms with Gasteiger partial charge >= 0.3 is 5.97 Å². The van der Waals surface area contributed by atoms with Crippen molar-refractivity contribution in [2.75, 3.05) is 12.3 Å². The molecule has 84 valence electrons. The summed E-state index contributed by atoms with van der Waals surface area (Å²) in [5.41, 5.74) is 6.91. The first kappa shape index (κ1) is 10.5. The first-order valence-electron chi connectivity index (χ1n) is 5.17. The van der Waals surface area contributed by atoms with E-state index in [9.17, 15) is 4.79 Å². The topological polar surface area (TPSA) is 65.5 Å². The second kappa shape index (κ2) is 4.26. The van der Waals surface area contributed by atoms with Gasteiger partial charge in [0.2, 0.25) is 5.76 Å². The van der Waals surface area contributed by atoms with Crippen molar-refractivity contribution in [3.63, 3.8) is 0 Å². The molecule has 1 aromatic heterocycles. The number of esters is 1. The van der Waals surface area contributed by atoms with Crippen molar-refractivity contribution >= 4 is 22.6 Å². The van der Waals surface area contributed by atoms with E-state index in [1.165, 1.54) is 0 Å². The van der Waals surface area contributed by atoms with Gasteiger partial charge in [0, 0.05) is 11.1 Å². The van der Waals surface area contributed by atoms with Crippen molar-refractivity contribution in [1.82, 2.24) is 0 Å². The summed E-state index contributed by atoms with van der Waals surface area (Å²) in [5, 5.41) is 0.809. The van der Waals surface area contributed by atoms with E-state index in [-0.39, 0.29) is 5.76 Å². The molecule has 2 aromatic rings. The lowest BCUT2D eigenvalue weighted by molar-refractivity contribution is 0.0471. The number of carbonyl (C=O) groups excluding carboxylic acids is 1. The van der Waals surface area contributed by atoms with Crippen LogP contribution in [0.3, 0.4) is 0 Å². The van der Waals surface area contributed by atoms with E-state index in [1.54, 1.807) is 24.3 Å². The number of hydrogen-bond acceptors (Lipinski definition) is 4. The summed E-state index contributed by atoms with van der Waals surface area (Å²) in [6.45, 7) is 2.34. The maximum absolute atomic E-state index is 11.5. The summed E-state index contributed by atoms with van der Waals surface area (Å²) in [6, 6.07) is 6.87. The first-order valence-corrected chi connectivity index (χ1v) is 5.17. The molecule has 0 bridgehead atoms. The van der Waals surface area contributed by atoms with Crippen molar-refractivity contribution < 1.29 is 13.9 Å². The van der Waals surface area contributed by atoms with Gasteiger partial charge in [-0.15, -0.1) is 0 Å². The van der Waals surface area contributed by atoms with Gasteiger partial charge < -0.3 is 14.9 Å². The number of fused-ring (bicyclic) bond motifs is 1. The largest absolute Gasteiger partial charge is 0.460 e. The van der Waals surface area contributed by atoms with Gasteiger partial charge in [-0.1, -0.05) is 6.92 Å². The second-order valence-corrected chi connectivity index (χ2v) is 3.54. The molecule has 0 fully saturated rings. The zero-order valence-corrected chi connectivity index (χ0v) is 9.03. The van der Waals surface area contributed by atoms with Gasteiger partial charge in [0.25, 0.3) is 0 Å². The van der Waals surface area contributed by atoms with Crippen LogP contribution in [0.2, 0.25) is 0 Å². The molecule has 2 N–H and O–H groups in total. The molecule has 0 aliphatic rings.